The summed E-state index contributed by atoms with van der Waals surface area (Å²) in [4.78, 5) is 2.58. The van der Waals surface area contributed by atoms with Crippen LogP contribution in [0.5, 0.6) is 0 Å². The Hall–Kier alpha value is -0.0800. The molecule has 0 amide bonds. The van der Waals surface area contributed by atoms with Crippen molar-refractivity contribution in [3.63, 3.8) is 0 Å². The van der Waals surface area contributed by atoms with Gasteiger partial charge in [0.05, 0.1) is 12.2 Å². The molecule has 1 aliphatic heterocycles. The highest BCUT2D eigenvalue weighted by Gasteiger charge is 2.31. The molecule has 0 saturated carbocycles. The molecule has 84 valence electrons. The summed E-state index contributed by atoms with van der Waals surface area (Å²) in [5.41, 5.74) is 0. The van der Waals surface area contributed by atoms with Crippen molar-refractivity contribution in [2.75, 3.05) is 6.54 Å². The van der Waals surface area contributed by atoms with E-state index < -0.39 is 0 Å². The maximum absolute atomic E-state index is 5.87. The van der Waals surface area contributed by atoms with E-state index in [1.54, 1.807) is 0 Å². The maximum Gasteiger partial charge on any atom is 0.0705 e. The first-order valence-corrected chi connectivity index (χ1v) is 5.93. The average molecular weight is 199 g/mol. The summed E-state index contributed by atoms with van der Waals surface area (Å²) in [6, 6.07) is 1.29. The Morgan fingerprint density at radius 3 is 2.29 bits per heavy atom. The highest BCUT2D eigenvalue weighted by molar-refractivity contribution is 4.85. The molecule has 0 aromatic rings. The molecule has 1 fully saturated rings. The van der Waals surface area contributed by atoms with Crippen molar-refractivity contribution < 1.29 is 4.74 Å². The summed E-state index contributed by atoms with van der Waals surface area (Å²) < 4.78 is 5.87. The second-order valence-corrected chi connectivity index (χ2v) is 4.93. The van der Waals surface area contributed by atoms with E-state index in [4.69, 9.17) is 4.74 Å². The molecule has 1 aliphatic rings. The Balaban J connectivity index is 2.49. The van der Waals surface area contributed by atoms with Crippen LogP contribution in [0.15, 0.2) is 0 Å². The maximum atomic E-state index is 5.87. The van der Waals surface area contributed by atoms with Crippen LogP contribution in [0.3, 0.4) is 0 Å². The molecule has 0 bridgehead atoms. The molecule has 0 N–H and O–H groups in total. The molecule has 0 aromatic heterocycles. The van der Waals surface area contributed by atoms with Gasteiger partial charge in [-0.05, 0) is 54.0 Å². The van der Waals surface area contributed by atoms with Crippen molar-refractivity contribution in [3.05, 3.63) is 0 Å². The molecule has 0 radical (unpaired) electrons. The number of likely N-dealkylation sites (tertiary alicyclic amines) is 1. The van der Waals surface area contributed by atoms with Gasteiger partial charge in [-0.25, -0.2) is 0 Å². The standard InChI is InChI=1S/C12H25NO/c1-9(2)13-8-6-7-12(13)11(5)14-10(3)4/h9-12H,6-8H2,1-5H3/t11?,12-/m0/s1. The van der Waals surface area contributed by atoms with Crippen LogP contribution in [-0.2, 0) is 4.74 Å². The van der Waals surface area contributed by atoms with Crippen LogP contribution < -0.4 is 0 Å². The van der Waals surface area contributed by atoms with E-state index in [-0.39, 0.29) is 0 Å². The minimum absolute atomic E-state index is 0.347. The zero-order chi connectivity index (χ0) is 10.7. The van der Waals surface area contributed by atoms with Crippen LogP contribution in [0.25, 0.3) is 0 Å². The third-order valence-electron chi connectivity index (χ3n) is 3.03. The van der Waals surface area contributed by atoms with Gasteiger partial charge in [0.15, 0.2) is 0 Å². The van der Waals surface area contributed by atoms with E-state index in [1.807, 2.05) is 0 Å². The molecule has 1 rings (SSSR count). The van der Waals surface area contributed by atoms with Gasteiger partial charge in [-0.1, -0.05) is 0 Å². The summed E-state index contributed by atoms with van der Waals surface area (Å²) in [5.74, 6) is 0. The first-order chi connectivity index (χ1) is 6.52. The van der Waals surface area contributed by atoms with Gasteiger partial charge in [-0.2, -0.15) is 0 Å². The fourth-order valence-electron chi connectivity index (χ4n) is 2.48. The van der Waals surface area contributed by atoms with Gasteiger partial charge in [-0.3, -0.25) is 4.90 Å². The molecular weight excluding hydrogens is 174 g/mol. The molecular formula is C12H25NO. The SMILES string of the molecule is CC(C)OC(C)[C@@H]1CCCN1C(C)C. The van der Waals surface area contributed by atoms with Gasteiger partial charge >= 0.3 is 0 Å². The summed E-state index contributed by atoms with van der Waals surface area (Å²) in [7, 11) is 0. The Morgan fingerprint density at radius 2 is 1.79 bits per heavy atom. The van der Waals surface area contributed by atoms with E-state index in [0.717, 1.165) is 0 Å². The molecule has 1 saturated heterocycles. The predicted octanol–water partition coefficient (Wildman–Crippen LogP) is 2.67. The van der Waals surface area contributed by atoms with Crippen LogP contribution in [0.2, 0.25) is 0 Å². The number of ether oxygens (including phenoxy) is 1. The number of nitrogens with zero attached hydrogens (tertiary/aromatic N) is 1. The molecule has 1 unspecified atom stereocenters. The smallest absolute Gasteiger partial charge is 0.0705 e. The Kier molecular flexibility index (Phi) is 4.39. The van der Waals surface area contributed by atoms with Gasteiger partial charge in [0.25, 0.3) is 0 Å². The molecule has 2 atom stereocenters. The van der Waals surface area contributed by atoms with Crippen LogP contribution in [-0.4, -0.2) is 35.7 Å². The largest absolute Gasteiger partial charge is 0.374 e. The number of hydrogen-bond acceptors (Lipinski definition) is 2. The Bertz CT molecular complexity index is 168. The highest BCUT2D eigenvalue weighted by Crippen LogP contribution is 2.24. The Labute approximate surface area is 88.6 Å². The molecule has 14 heavy (non-hydrogen) atoms. The summed E-state index contributed by atoms with van der Waals surface area (Å²) in [5, 5.41) is 0. The highest BCUT2D eigenvalue weighted by atomic mass is 16.5. The van der Waals surface area contributed by atoms with Crippen molar-refractivity contribution >= 4 is 0 Å². The van der Waals surface area contributed by atoms with E-state index in [0.29, 0.717) is 24.3 Å². The lowest BCUT2D eigenvalue weighted by atomic mass is 10.1. The lowest BCUT2D eigenvalue weighted by Crippen LogP contribution is -2.43. The quantitative estimate of drug-likeness (QED) is 0.690. The van der Waals surface area contributed by atoms with Crippen molar-refractivity contribution in [1.82, 2.24) is 4.90 Å². The van der Waals surface area contributed by atoms with Gasteiger partial charge < -0.3 is 4.74 Å². The van der Waals surface area contributed by atoms with Crippen LogP contribution in [0, 0.1) is 0 Å². The molecule has 0 aromatic carbocycles. The fraction of sp³-hybridized carbons (Fsp3) is 1.00. The summed E-state index contributed by atoms with van der Waals surface area (Å²) in [6.45, 7) is 12.2. The van der Waals surface area contributed by atoms with E-state index >= 15 is 0 Å². The van der Waals surface area contributed by atoms with Gasteiger partial charge in [-0.15, -0.1) is 0 Å². The fourth-order valence-corrected chi connectivity index (χ4v) is 2.48. The third kappa shape index (κ3) is 2.96. The first kappa shape index (κ1) is 12.0. The number of hydrogen-bond donors (Lipinski definition) is 0. The predicted molar refractivity (Wildman–Crippen MR) is 60.5 cm³/mol. The molecule has 1 heterocycles. The minimum atomic E-state index is 0.347. The van der Waals surface area contributed by atoms with E-state index in [9.17, 15) is 0 Å². The van der Waals surface area contributed by atoms with E-state index in [2.05, 4.69) is 39.5 Å². The lowest BCUT2D eigenvalue weighted by molar-refractivity contribution is -0.0306. The molecule has 0 spiro atoms. The normalized spacial score (nSPS) is 26.4. The van der Waals surface area contributed by atoms with Crippen molar-refractivity contribution in [1.29, 1.82) is 0 Å². The number of rotatable bonds is 4. The molecule has 0 aliphatic carbocycles. The zero-order valence-corrected chi connectivity index (χ0v) is 10.3. The van der Waals surface area contributed by atoms with Crippen molar-refractivity contribution in [2.24, 2.45) is 0 Å². The van der Waals surface area contributed by atoms with Gasteiger partial charge in [0, 0.05) is 12.1 Å². The molecule has 2 heteroatoms. The van der Waals surface area contributed by atoms with Gasteiger partial charge in [0.1, 0.15) is 0 Å². The van der Waals surface area contributed by atoms with Crippen LogP contribution >= 0.6 is 0 Å². The second-order valence-electron chi connectivity index (χ2n) is 4.93. The van der Waals surface area contributed by atoms with E-state index in [1.165, 1.54) is 19.4 Å². The third-order valence-corrected chi connectivity index (χ3v) is 3.03. The lowest BCUT2D eigenvalue weighted by Gasteiger charge is -2.33. The second kappa shape index (κ2) is 5.13. The average Bonchev–Trinajstić information content (AvgIpc) is 2.49. The Morgan fingerprint density at radius 1 is 1.14 bits per heavy atom. The van der Waals surface area contributed by atoms with Crippen molar-refractivity contribution in [3.8, 4) is 0 Å². The molecule has 2 nitrogen and oxygen atoms in total. The monoisotopic (exact) mass is 199 g/mol. The topological polar surface area (TPSA) is 12.5 Å². The zero-order valence-electron chi connectivity index (χ0n) is 10.3. The van der Waals surface area contributed by atoms with Gasteiger partial charge in [0.2, 0.25) is 0 Å². The minimum Gasteiger partial charge on any atom is -0.374 e. The van der Waals surface area contributed by atoms with Crippen molar-refractivity contribution in [2.45, 2.75) is 71.8 Å². The summed E-state index contributed by atoms with van der Waals surface area (Å²) >= 11 is 0. The summed E-state index contributed by atoms with van der Waals surface area (Å²) in [6.07, 6.45) is 3.35. The van der Waals surface area contributed by atoms with Crippen LogP contribution in [0.4, 0.5) is 0 Å². The van der Waals surface area contributed by atoms with Crippen LogP contribution in [0.1, 0.15) is 47.5 Å². The first-order valence-electron chi connectivity index (χ1n) is 5.93.